The molecule has 3 aromatic rings. The van der Waals surface area contributed by atoms with Crippen LogP contribution in [0.15, 0.2) is 65.6 Å². The highest BCUT2D eigenvalue weighted by molar-refractivity contribution is 7.92. The van der Waals surface area contributed by atoms with Crippen molar-refractivity contribution in [3.8, 4) is 17.2 Å². The van der Waals surface area contributed by atoms with E-state index in [4.69, 9.17) is 18.9 Å². The highest BCUT2D eigenvalue weighted by Crippen LogP contribution is 2.35. The van der Waals surface area contributed by atoms with Crippen LogP contribution in [0.5, 0.6) is 17.2 Å². The zero-order chi connectivity index (χ0) is 25.6. The van der Waals surface area contributed by atoms with E-state index in [0.29, 0.717) is 5.56 Å². The van der Waals surface area contributed by atoms with Crippen molar-refractivity contribution in [2.24, 2.45) is 0 Å². The highest BCUT2D eigenvalue weighted by Gasteiger charge is 2.24. The Morgan fingerprint density at radius 1 is 0.743 bits per heavy atom. The Kier molecular flexibility index (Phi) is 7.82. The topological polar surface area (TPSA) is 129 Å². The number of hydrogen-bond donors (Lipinski definition) is 2. The number of nitrogens with one attached hydrogen (secondary N) is 2. The van der Waals surface area contributed by atoms with E-state index in [-0.39, 0.29) is 39.1 Å². The number of carbonyl (C=O) groups is 2. The smallest absolute Gasteiger partial charge is 0.340 e. The predicted octanol–water partition coefficient (Wildman–Crippen LogP) is 3.55. The first-order valence-electron chi connectivity index (χ1n) is 10.2. The van der Waals surface area contributed by atoms with Crippen LogP contribution >= 0.6 is 0 Å². The largest absolute Gasteiger partial charge is 0.495 e. The third-order valence-electron chi connectivity index (χ3n) is 4.94. The maximum atomic E-state index is 13.2. The normalized spacial score (nSPS) is 10.7. The monoisotopic (exact) mass is 500 g/mol. The van der Waals surface area contributed by atoms with Gasteiger partial charge < -0.3 is 24.3 Å². The molecular weight excluding hydrogens is 476 g/mol. The lowest BCUT2D eigenvalue weighted by molar-refractivity contribution is 0.0601. The molecule has 0 saturated heterocycles. The lowest BCUT2D eigenvalue weighted by Crippen LogP contribution is -2.18. The number of hydrogen-bond acceptors (Lipinski definition) is 8. The van der Waals surface area contributed by atoms with Crippen molar-refractivity contribution in [3.63, 3.8) is 0 Å². The van der Waals surface area contributed by atoms with Crippen molar-refractivity contribution in [2.75, 3.05) is 38.5 Å². The number of esters is 1. The minimum absolute atomic E-state index is 0.0832. The summed E-state index contributed by atoms with van der Waals surface area (Å²) >= 11 is 0. The summed E-state index contributed by atoms with van der Waals surface area (Å²) in [5.41, 5.74) is 0.360. The summed E-state index contributed by atoms with van der Waals surface area (Å²) in [7, 11) is 1.09. The molecule has 35 heavy (non-hydrogen) atoms. The highest BCUT2D eigenvalue weighted by atomic mass is 32.2. The van der Waals surface area contributed by atoms with Gasteiger partial charge in [-0.1, -0.05) is 18.2 Å². The van der Waals surface area contributed by atoms with Gasteiger partial charge in [0.1, 0.15) is 5.75 Å². The number of sulfonamides is 1. The van der Waals surface area contributed by atoms with Crippen molar-refractivity contribution in [1.82, 2.24) is 0 Å². The molecule has 10 nitrogen and oxygen atoms in total. The molecule has 3 aromatic carbocycles. The summed E-state index contributed by atoms with van der Waals surface area (Å²) in [4.78, 5) is 24.7. The van der Waals surface area contributed by atoms with E-state index in [2.05, 4.69) is 10.0 Å². The molecule has 0 unspecified atom stereocenters. The molecular formula is C24H24N2O8S. The Morgan fingerprint density at radius 2 is 1.37 bits per heavy atom. The summed E-state index contributed by atoms with van der Waals surface area (Å²) in [5.74, 6) is -0.558. The fourth-order valence-corrected chi connectivity index (χ4v) is 4.28. The Hall–Kier alpha value is -4.25. The average Bonchev–Trinajstić information content (AvgIpc) is 2.88. The molecule has 0 spiro atoms. The molecule has 1 amide bonds. The fraction of sp³-hybridized carbons (Fsp3) is 0.167. The Morgan fingerprint density at radius 3 is 1.97 bits per heavy atom. The zero-order valence-corrected chi connectivity index (χ0v) is 20.3. The van der Waals surface area contributed by atoms with Crippen molar-refractivity contribution in [3.05, 3.63) is 71.8 Å². The molecule has 3 rings (SSSR count). The van der Waals surface area contributed by atoms with Gasteiger partial charge in [0.05, 0.1) is 50.3 Å². The first kappa shape index (κ1) is 25.4. The number of carbonyl (C=O) groups excluding carboxylic acids is 2. The number of amides is 1. The second-order valence-electron chi connectivity index (χ2n) is 7.03. The van der Waals surface area contributed by atoms with E-state index >= 15 is 0 Å². The van der Waals surface area contributed by atoms with Gasteiger partial charge in [-0.15, -0.1) is 0 Å². The Balaban J connectivity index is 2.00. The molecule has 11 heteroatoms. The van der Waals surface area contributed by atoms with E-state index in [1.54, 1.807) is 30.3 Å². The number of methoxy groups -OCH3 is 4. The molecule has 0 aliphatic heterocycles. The van der Waals surface area contributed by atoms with E-state index in [0.717, 1.165) is 0 Å². The molecule has 0 saturated carbocycles. The van der Waals surface area contributed by atoms with Gasteiger partial charge in [-0.2, -0.15) is 0 Å². The van der Waals surface area contributed by atoms with E-state index < -0.39 is 21.9 Å². The van der Waals surface area contributed by atoms with Gasteiger partial charge in [0.25, 0.3) is 15.9 Å². The first-order valence-corrected chi connectivity index (χ1v) is 11.6. The van der Waals surface area contributed by atoms with Gasteiger partial charge in [-0.05, 0) is 30.3 Å². The van der Waals surface area contributed by atoms with Gasteiger partial charge in [0.15, 0.2) is 11.5 Å². The lowest BCUT2D eigenvalue weighted by Gasteiger charge is -2.16. The van der Waals surface area contributed by atoms with Crippen LogP contribution in [0.3, 0.4) is 0 Å². The molecule has 0 atom stereocenters. The minimum atomic E-state index is -4.23. The quantitative estimate of drug-likeness (QED) is 0.427. The fourth-order valence-electron chi connectivity index (χ4n) is 3.18. The minimum Gasteiger partial charge on any atom is -0.495 e. The standard InChI is InChI=1S/C24H24N2O8S/c1-31-20-11-10-16(12-19(20)25-23(27)15-8-6-5-7-9-15)35(29,30)26-18-14-22(33-3)21(32-2)13-17(18)24(28)34-4/h5-14,26H,1-4H3,(H,25,27). The van der Waals surface area contributed by atoms with Crippen LogP contribution in [0.2, 0.25) is 0 Å². The summed E-state index contributed by atoms with van der Waals surface area (Å²) in [6.07, 6.45) is 0. The van der Waals surface area contributed by atoms with Crippen molar-refractivity contribution < 1.29 is 37.0 Å². The molecule has 2 N–H and O–H groups in total. The van der Waals surface area contributed by atoms with Crippen LogP contribution in [0.25, 0.3) is 0 Å². The van der Waals surface area contributed by atoms with E-state index in [1.807, 2.05) is 0 Å². The van der Waals surface area contributed by atoms with Gasteiger partial charge in [-0.3, -0.25) is 9.52 Å². The van der Waals surface area contributed by atoms with E-state index in [9.17, 15) is 18.0 Å². The molecule has 0 aliphatic carbocycles. The molecule has 0 radical (unpaired) electrons. The second-order valence-corrected chi connectivity index (χ2v) is 8.71. The van der Waals surface area contributed by atoms with Gasteiger partial charge in [0, 0.05) is 17.7 Å². The number of rotatable bonds is 9. The van der Waals surface area contributed by atoms with Crippen LogP contribution < -0.4 is 24.2 Å². The van der Waals surface area contributed by atoms with E-state index in [1.165, 1.54) is 58.8 Å². The van der Waals surface area contributed by atoms with Crippen LogP contribution in [-0.4, -0.2) is 48.7 Å². The van der Waals surface area contributed by atoms with Crippen LogP contribution in [-0.2, 0) is 14.8 Å². The molecule has 0 fully saturated rings. The molecule has 0 aliphatic rings. The van der Waals surface area contributed by atoms with Gasteiger partial charge >= 0.3 is 5.97 Å². The van der Waals surface area contributed by atoms with Crippen LogP contribution in [0, 0.1) is 0 Å². The average molecular weight is 501 g/mol. The summed E-state index contributed by atoms with van der Waals surface area (Å²) in [6.45, 7) is 0. The van der Waals surface area contributed by atoms with Crippen molar-refractivity contribution in [1.29, 1.82) is 0 Å². The maximum Gasteiger partial charge on any atom is 0.340 e. The zero-order valence-electron chi connectivity index (χ0n) is 19.4. The summed E-state index contributed by atoms with van der Waals surface area (Å²) < 4.78 is 49.3. The maximum absolute atomic E-state index is 13.2. The number of ether oxygens (including phenoxy) is 4. The lowest BCUT2D eigenvalue weighted by atomic mass is 10.1. The Labute approximate surface area is 202 Å². The van der Waals surface area contributed by atoms with Crippen LogP contribution in [0.4, 0.5) is 11.4 Å². The Bertz CT molecular complexity index is 1340. The van der Waals surface area contributed by atoms with Crippen molar-refractivity contribution in [2.45, 2.75) is 4.90 Å². The third kappa shape index (κ3) is 5.64. The molecule has 184 valence electrons. The predicted molar refractivity (Wildman–Crippen MR) is 129 cm³/mol. The summed E-state index contributed by atoms with van der Waals surface area (Å²) in [5, 5.41) is 2.66. The molecule has 0 aromatic heterocycles. The number of anilines is 2. The van der Waals surface area contributed by atoms with Crippen molar-refractivity contribution >= 4 is 33.3 Å². The SMILES string of the molecule is COC(=O)c1cc(OC)c(OC)cc1NS(=O)(=O)c1ccc(OC)c(NC(=O)c2ccccc2)c1. The number of benzene rings is 3. The van der Waals surface area contributed by atoms with Gasteiger partial charge in [-0.25, -0.2) is 13.2 Å². The second kappa shape index (κ2) is 10.8. The molecule has 0 heterocycles. The molecule has 0 bridgehead atoms. The first-order chi connectivity index (χ1) is 16.7. The summed E-state index contributed by atoms with van der Waals surface area (Å²) in [6, 6.07) is 15.0. The van der Waals surface area contributed by atoms with Gasteiger partial charge in [0.2, 0.25) is 0 Å². The van der Waals surface area contributed by atoms with Crippen LogP contribution in [0.1, 0.15) is 20.7 Å². The third-order valence-corrected chi connectivity index (χ3v) is 6.30.